The zero-order valence-electron chi connectivity index (χ0n) is 13.2. The maximum atomic E-state index is 12.3. The molecule has 2 aromatic rings. The van der Waals surface area contributed by atoms with Crippen LogP contribution in [-0.2, 0) is 0 Å². The maximum absolute atomic E-state index is 12.3. The van der Waals surface area contributed by atoms with Gasteiger partial charge in [-0.3, -0.25) is 4.98 Å². The minimum atomic E-state index is -0.234. The molecule has 3 heterocycles. The fourth-order valence-corrected chi connectivity index (χ4v) is 2.77. The number of hydrogen-bond acceptors (Lipinski definition) is 4. The summed E-state index contributed by atoms with van der Waals surface area (Å²) in [7, 11) is 0. The number of pyridine rings is 2. The third kappa shape index (κ3) is 3.77. The molecule has 0 aliphatic carbocycles. The predicted molar refractivity (Wildman–Crippen MR) is 90.5 cm³/mol. The summed E-state index contributed by atoms with van der Waals surface area (Å²) in [5.74, 6) is 0.844. The molecule has 1 fully saturated rings. The monoisotopic (exact) mass is 311 g/mol. The largest absolute Gasteiger partial charge is 0.355 e. The number of nitrogens with one attached hydrogen (secondary N) is 2. The van der Waals surface area contributed by atoms with E-state index in [1.807, 2.05) is 31.2 Å². The molecule has 0 saturated carbocycles. The van der Waals surface area contributed by atoms with Crippen LogP contribution in [-0.4, -0.2) is 29.1 Å². The summed E-state index contributed by atoms with van der Waals surface area (Å²) in [6.45, 7) is 3.92. The molecular formula is C17H21N5O. The smallest absolute Gasteiger partial charge is 0.319 e. The topological polar surface area (TPSA) is 70.2 Å². The van der Waals surface area contributed by atoms with Gasteiger partial charge < -0.3 is 15.5 Å². The van der Waals surface area contributed by atoms with Crippen LogP contribution >= 0.6 is 0 Å². The van der Waals surface area contributed by atoms with E-state index in [-0.39, 0.29) is 12.1 Å². The molecule has 1 aliphatic rings. The van der Waals surface area contributed by atoms with E-state index in [2.05, 4.69) is 25.5 Å². The Labute approximate surface area is 135 Å². The number of hydrogen-bond donors (Lipinski definition) is 2. The maximum Gasteiger partial charge on any atom is 0.319 e. The van der Waals surface area contributed by atoms with Gasteiger partial charge in [0.2, 0.25) is 0 Å². The lowest BCUT2D eigenvalue weighted by molar-refractivity contribution is 0.249. The molecule has 6 nitrogen and oxygen atoms in total. The summed E-state index contributed by atoms with van der Waals surface area (Å²) in [6.07, 6.45) is 7.54. The van der Waals surface area contributed by atoms with Crippen molar-refractivity contribution in [3.63, 3.8) is 0 Å². The Kier molecular flexibility index (Phi) is 4.71. The number of carbonyl (C=O) groups is 1. The summed E-state index contributed by atoms with van der Waals surface area (Å²) in [5.41, 5.74) is 1.76. The molecule has 1 aliphatic heterocycles. The highest BCUT2D eigenvalue weighted by Crippen LogP contribution is 2.26. The summed E-state index contributed by atoms with van der Waals surface area (Å²) in [6, 6.07) is 7.18. The van der Waals surface area contributed by atoms with E-state index < -0.39 is 0 Å². The number of rotatable bonds is 4. The second-order valence-corrected chi connectivity index (χ2v) is 5.67. The molecule has 1 saturated heterocycles. The van der Waals surface area contributed by atoms with Crippen molar-refractivity contribution in [2.24, 2.45) is 0 Å². The SMILES string of the molecule is C[C@@H](NC(=O)Nc1cccnc1N1CCCC1)c1ccncc1. The van der Waals surface area contributed by atoms with Gasteiger partial charge in [-0.15, -0.1) is 0 Å². The molecule has 0 unspecified atom stereocenters. The zero-order chi connectivity index (χ0) is 16.1. The molecule has 0 aromatic carbocycles. The lowest BCUT2D eigenvalue weighted by Gasteiger charge is -2.21. The van der Waals surface area contributed by atoms with Crippen LogP contribution in [0.1, 0.15) is 31.4 Å². The average Bonchev–Trinajstić information content (AvgIpc) is 3.10. The van der Waals surface area contributed by atoms with Gasteiger partial charge in [0, 0.05) is 31.7 Å². The minimum absolute atomic E-state index is 0.0927. The van der Waals surface area contributed by atoms with E-state index in [1.54, 1.807) is 18.6 Å². The molecule has 3 rings (SSSR count). The first-order valence-electron chi connectivity index (χ1n) is 7.91. The van der Waals surface area contributed by atoms with Crippen molar-refractivity contribution in [3.05, 3.63) is 48.4 Å². The lowest BCUT2D eigenvalue weighted by atomic mass is 10.1. The first kappa shape index (κ1) is 15.3. The molecule has 0 radical (unpaired) electrons. The highest BCUT2D eigenvalue weighted by molar-refractivity contribution is 5.92. The van der Waals surface area contributed by atoms with Crippen LogP contribution in [0.25, 0.3) is 0 Å². The van der Waals surface area contributed by atoms with E-state index >= 15 is 0 Å². The van der Waals surface area contributed by atoms with Crippen LogP contribution in [0.5, 0.6) is 0 Å². The molecule has 6 heteroatoms. The van der Waals surface area contributed by atoms with Gasteiger partial charge in [0.1, 0.15) is 0 Å². The van der Waals surface area contributed by atoms with E-state index in [9.17, 15) is 4.79 Å². The Morgan fingerprint density at radius 2 is 1.91 bits per heavy atom. The van der Waals surface area contributed by atoms with Crippen LogP contribution in [0.4, 0.5) is 16.3 Å². The zero-order valence-corrected chi connectivity index (χ0v) is 13.2. The Morgan fingerprint density at radius 3 is 2.65 bits per heavy atom. The Morgan fingerprint density at radius 1 is 1.17 bits per heavy atom. The van der Waals surface area contributed by atoms with Crippen molar-refractivity contribution in [2.45, 2.75) is 25.8 Å². The summed E-state index contributed by atoms with van der Waals surface area (Å²) in [4.78, 5) is 22.9. The molecular weight excluding hydrogens is 290 g/mol. The van der Waals surface area contributed by atoms with Gasteiger partial charge in [0.15, 0.2) is 5.82 Å². The van der Waals surface area contributed by atoms with Crippen molar-refractivity contribution in [1.29, 1.82) is 0 Å². The molecule has 0 bridgehead atoms. The Bertz CT molecular complexity index is 655. The number of amides is 2. The van der Waals surface area contributed by atoms with Gasteiger partial charge in [-0.05, 0) is 49.6 Å². The fraction of sp³-hybridized carbons (Fsp3) is 0.353. The van der Waals surface area contributed by atoms with Crippen molar-refractivity contribution in [2.75, 3.05) is 23.3 Å². The van der Waals surface area contributed by atoms with Gasteiger partial charge in [-0.25, -0.2) is 9.78 Å². The fourth-order valence-electron chi connectivity index (χ4n) is 2.77. The van der Waals surface area contributed by atoms with E-state index in [0.717, 1.165) is 30.2 Å². The number of anilines is 2. The van der Waals surface area contributed by atoms with Gasteiger partial charge in [0.25, 0.3) is 0 Å². The second kappa shape index (κ2) is 7.09. The standard InChI is InChI=1S/C17H21N5O/c1-13(14-6-9-18-10-7-14)20-17(23)21-15-5-4-8-19-16(15)22-11-2-3-12-22/h4-10,13H,2-3,11-12H2,1H3,(H2,20,21,23)/t13-/m1/s1. The quantitative estimate of drug-likeness (QED) is 0.911. The van der Waals surface area contributed by atoms with Crippen LogP contribution in [0.2, 0.25) is 0 Å². The van der Waals surface area contributed by atoms with Crippen molar-refractivity contribution < 1.29 is 4.79 Å². The number of aromatic nitrogens is 2. The Balaban J connectivity index is 1.66. The highest BCUT2D eigenvalue weighted by Gasteiger charge is 2.18. The Hall–Kier alpha value is -2.63. The van der Waals surface area contributed by atoms with Gasteiger partial charge >= 0.3 is 6.03 Å². The molecule has 2 aromatic heterocycles. The van der Waals surface area contributed by atoms with E-state index in [1.165, 1.54) is 12.8 Å². The normalized spacial score (nSPS) is 15.3. The molecule has 0 spiro atoms. The number of carbonyl (C=O) groups excluding carboxylic acids is 1. The summed E-state index contributed by atoms with van der Waals surface area (Å²) < 4.78 is 0. The third-order valence-corrected chi connectivity index (χ3v) is 3.99. The van der Waals surface area contributed by atoms with Crippen LogP contribution in [0, 0.1) is 0 Å². The van der Waals surface area contributed by atoms with Crippen molar-refractivity contribution in [3.8, 4) is 0 Å². The lowest BCUT2D eigenvalue weighted by Crippen LogP contribution is -2.32. The van der Waals surface area contributed by atoms with Crippen molar-refractivity contribution >= 4 is 17.5 Å². The molecule has 2 N–H and O–H groups in total. The van der Waals surface area contributed by atoms with Gasteiger partial charge in [-0.1, -0.05) is 0 Å². The molecule has 120 valence electrons. The first-order valence-corrected chi connectivity index (χ1v) is 7.91. The minimum Gasteiger partial charge on any atom is -0.355 e. The van der Waals surface area contributed by atoms with Gasteiger partial charge in [0.05, 0.1) is 11.7 Å². The first-order chi connectivity index (χ1) is 11.2. The summed E-state index contributed by atoms with van der Waals surface area (Å²) in [5, 5.41) is 5.86. The number of urea groups is 1. The molecule has 1 atom stereocenters. The van der Waals surface area contributed by atoms with E-state index in [4.69, 9.17) is 0 Å². The average molecular weight is 311 g/mol. The molecule has 23 heavy (non-hydrogen) atoms. The summed E-state index contributed by atoms with van der Waals surface area (Å²) >= 11 is 0. The van der Waals surface area contributed by atoms with Crippen molar-refractivity contribution in [1.82, 2.24) is 15.3 Å². The predicted octanol–water partition coefficient (Wildman–Crippen LogP) is 2.96. The van der Waals surface area contributed by atoms with E-state index in [0.29, 0.717) is 0 Å². The third-order valence-electron chi connectivity index (χ3n) is 3.99. The molecule has 2 amide bonds. The van der Waals surface area contributed by atoms with Crippen LogP contribution in [0.3, 0.4) is 0 Å². The van der Waals surface area contributed by atoms with Crippen LogP contribution in [0.15, 0.2) is 42.9 Å². The van der Waals surface area contributed by atoms with Gasteiger partial charge in [-0.2, -0.15) is 0 Å². The number of nitrogens with zero attached hydrogens (tertiary/aromatic N) is 3. The second-order valence-electron chi connectivity index (χ2n) is 5.67. The highest BCUT2D eigenvalue weighted by atomic mass is 16.2. The van der Waals surface area contributed by atoms with Crippen LogP contribution < -0.4 is 15.5 Å².